The van der Waals surface area contributed by atoms with Crippen LogP contribution < -0.4 is 11.1 Å². The first-order valence-electron chi connectivity index (χ1n) is 11.5. The molecule has 0 bridgehead atoms. The van der Waals surface area contributed by atoms with Crippen LogP contribution in [0.3, 0.4) is 0 Å². The van der Waals surface area contributed by atoms with Gasteiger partial charge in [0.15, 0.2) is 5.15 Å². The van der Waals surface area contributed by atoms with Gasteiger partial charge in [0.1, 0.15) is 23.9 Å². The summed E-state index contributed by atoms with van der Waals surface area (Å²) < 4.78 is 21.2. The predicted octanol–water partition coefficient (Wildman–Crippen LogP) is 4.23. The molecule has 39 heavy (non-hydrogen) atoms. The molecule has 13 heteroatoms. The maximum Gasteiger partial charge on any atom is 0.251 e. The lowest BCUT2D eigenvalue weighted by molar-refractivity contribution is -0.120. The van der Waals surface area contributed by atoms with Gasteiger partial charge in [-0.15, -0.1) is 5.10 Å². The monoisotopic (exact) mass is 574 g/mol. The summed E-state index contributed by atoms with van der Waals surface area (Å²) in [5.74, 6) is -1.97. The molecule has 0 saturated heterocycles. The van der Waals surface area contributed by atoms with Crippen molar-refractivity contribution >= 4 is 52.6 Å². The SMILES string of the molecule is CCC(C(=O)Nc1ccc(C(N)=O)c(F)c1)N(C)/C=C(OC)\C(=C/C=O)c1cc(Cl)ccc1-n1cc(Cl)nn1. The molecule has 0 spiro atoms. The molecule has 0 radical (unpaired) electrons. The fourth-order valence-electron chi connectivity index (χ4n) is 3.84. The fourth-order valence-corrected chi connectivity index (χ4v) is 4.14. The molecule has 0 aliphatic carbocycles. The smallest absolute Gasteiger partial charge is 0.251 e. The van der Waals surface area contributed by atoms with Gasteiger partial charge in [-0.1, -0.05) is 35.3 Å². The molecule has 1 unspecified atom stereocenters. The van der Waals surface area contributed by atoms with Gasteiger partial charge in [0.05, 0.1) is 24.6 Å². The van der Waals surface area contributed by atoms with E-state index in [1.165, 1.54) is 36.2 Å². The second-order valence-corrected chi connectivity index (χ2v) is 9.02. The first-order chi connectivity index (χ1) is 18.6. The van der Waals surface area contributed by atoms with Crippen molar-refractivity contribution in [3.05, 3.63) is 87.8 Å². The number of primary amides is 1. The molecule has 10 nitrogen and oxygen atoms in total. The van der Waals surface area contributed by atoms with Gasteiger partial charge in [-0.2, -0.15) is 0 Å². The van der Waals surface area contributed by atoms with Crippen LogP contribution in [0.15, 0.2) is 60.6 Å². The van der Waals surface area contributed by atoms with Crippen LogP contribution in [-0.2, 0) is 14.3 Å². The van der Waals surface area contributed by atoms with Crippen molar-refractivity contribution in [1.29, 1.82) is 0 Å². The first-order valence-corrected chi connectivity index (χ1v) is 12.3. The van der Waals surface area contributed by atoms with Crippen LogP contribution in [-0.4, -0.2) is 58.2 Å². The number of carbonyl (C=O) groups is 3. The van der Waals surface area contributed by atoms with E-state index in [0.29, 0.717) is 34.6 Å². The van der Waals surface area contributed by atoms with Gasteiger partial charge in [-0.05, 0) is 48.9 Å². The number of hydrogen-bond donors (Lipinski definition) is 2. The van der Waals surface area contributed by atoms with Gasteiger partial charge < -0.3 is 20.7 Å². The van der Waals surface area contributed by atoms with Gasteiger partial charge in [0, 0.05) is 35.1 Å². The number of ether oxygens (including phenoxy) is 1. The van der Waals surface area contributed by atoms with E-state index in [2.05, 4.69) is 15.6 Å². The number of anilines is 1. The number of nitrogens with two attached hydrogens (primary N) is 1. The summed E-state index contributed by atoms with van der Waals surface area (Å²) >= 11 is 12.2. The van der Waals surface area contributed by atoms with Crippen LogP contribution in [0.1, 0.15) is 29.3 Å². The summed E-state index contributed by atoms with van der Waals surface area (Å²) in [5.41, 5.74) is 6.36. The molecule has 1 atom stereocenters. The van der Waals surface area contributed by atoms with E-state index in [0.717, 1.165) is 6.07 Å². The number of nitrogens with one attached hydrogen (secondary N) is 1. The third-order valence-corrected chi connectivity index (χ3v) is 6.09. The topological polar surface area (TPSA) is 132 Å². The molecule has 3 rings (SSSR count). The predicted molar refractivity (Wildman–Crippen MR) is 146 cm³/mol. The van der Waals surface area contributed by atoms with E-state index in [1.807, 2.05) is 0 Å². The number of halogens is 3. The molecule has 1 aromatic heterocycles. The Morgan fingerprint density at radius 1 is 1.23 bits per heavy atom. The highest BCUT2D eigenvalue weighted by molar-refractivity contribution is 6.31. The second kappa shape index (κ2) is 13.0. The molecule has 0 saturated carbocycles. The van der Waals surface area contributed by atoms with Crippen molar-refractivity contribution in [2.45, 2.75) is 19.4 Å². The lowest BCUT2D eigenvalue weighted by Crippen LogP contribution is -2.39. The molecule has 1 heterocycles. The minimum Gasteiger partial charge on any atom is -0.495 e. The van der Waals surface area contributed by atoms with E-state index in [4.69, 9.17) is 33.7 Å². The van der Waals surface area contributed by atoms with Crippen molar-refractivity contribution in [1.82, 2.24) is 19.9 Å². The molecule has 0 aliphatic rings. The molecule has 2 amide bonds. The summed E-state index contributed by atoms with van der Waals surface area (Å²) in [5, 5.41) is 11.0. The lowest BCUT2D eigenvalue weighted by Gasteiger charge is -2.26. The fraction of sp³-hybridized carbons (Fsp3) is 0.192. The van der Waals surface area contributed by atoms with Gasteiger partial charge in [0.2, 0.25) is 5.91 Å². The number of amides is 2. The standard InChI is InChI=1S/C26H25Cl2FN6O4/c1-4-21(26(38)31-16-6-7-18(25(30)37)20(29)12-16)34(2)13-23(39-3)17(9-10-36)19-11-15(27)5-8-22(19)35-14-24(28)32-33-35/h5-14,21H,4H2,1-3H3,(H2,30,37)(H,31,38)/b17-9-,23-13+. The molecule has 204 valence electrons. The number of likely N-dealkylation sites (N-methyl/N-ethyl adjacent to an activating group) is 1. The summed E-state index contributed by atoms with van der Waals surface area (Å²) in [6.07, 6.45) is 5.30. The minimum absolute atomic E-state index is 0.155. The normalized spacial score (nSPS) is 12.6. The van der Waals surface area contributed by atoms with Gasteiger partial charge in [-0.25, -0.2) is 9.07 Å². The summed E-state index contributed by atoms with van der Waals surface area (Å²) in [7, 11) is 3.07. The number of benzene rings is 2. The minimum atomic E-state index is -0.914. The average Bonchev–Trinajstić information content (AvgIpc) is 3.32. The molecular weight excluding hydrogens is 550 g/mol. The van der Waals surface area contributed by atoms with Crippen molar-refractivity contribution < 1.29 is 23.5 Å². The Bertz CT molecular complexity index is 1460. The van der Waals surface area contributed by atoms with Crippen molar-refractivity contribution in [3.63, 3.8) is 0 Å². The van der Waals surface area contributed by atoms with Crippen LogP contribution >= 0.6 is 23.2 Å². The number of nitrogens with zero attached hydrogens (tertiary/aromatic N) is 4. The molecule has 0 aliphatic heterocycles. The van der Waals surface area contributed by atoms with Crippen LogP contribution in [0.2, 0.25) is 10.2 Å². The molecule has 3 N–H and O–H groups in total. The van der Waals surface area contributed by atoms with Gasteiger partial charge >= 0.3 is 0 Å². The lowest BCUT2D eigenvalue weighted by atomic mass is 10.0. The quantitative estimate of drug-likeness (QED) is 0.151. The maximum absolute atomic E-state index is 14.2. The number of hydrogen-bond acceptors (Lipinski definition) is 7. The summed E-state index contributed by atoms with van der Waals surface area (Å²) in [4.78, 5) is 37.6. The Morgan fingerprint density at radius 2 is 1.97 bits per heavy atom. The zero-order valence-corrected chi connectivity index (χ0v) is 22.7. The number of allylic oxidation sites excluding steroid dienone is 2. The van der Waals surface area contributed by atoms with Crippen LogP contribution in [0, 0.1) is 5.82 Å². The number of methoxy groups -OCH3 is 1. The van der Waals surface area contributed by atoms with Crippen molar-refractivity contribution in [3.8, 4) is 5.69 Å². The Kier molecular flexibility index (Phi) is 9.80. The van der Waals surface area contributed by atoms with Crippen molar-refractivity contribution in [2.24, 2.45) is 5.73 Å². The number of carbonyl (C=O) groups excluding carboxylic acids is 3. The number of rotatable bonds is 11. The van der Waals surface area contributed by atoms with E-state index in [1.54, 1.807) is 43.3 Å². The van der Waals surface area contributed by atoms with E-state index in [9.17, 15) is 18.8 Å². The Balaban J connectivity index is 1.95. The zero-order chi connectivity index (χ0) is 28.7. The highest BCUT2D eigenvalue weighted by atomic mass is 35.5. The highest BCUT2D eigenvalue weighted by Gasteiger charge is 2.23. The summed E-state index contributed by atoms with van der Waals surface area (Å²) in [6.45, 7) is 1.80. The Hall–Kier alpha value is -4.22. The largest absolute Gasteiger partial charge is 0.495 e. The van der Waals surface area contributed by atoms with E-state index < -0.39 is 23.7 Å². The molecule has 2 aromatic carbocycles. The average molecular weight is 575 g/mol. The van der Waals surface area contributed by atoms with Crippen LogP contribution in [0.5, 0.6) is 0 Å². The van der Waals surface area contributed by atoms with Gasteiger partial charge in [-0.3, -0.25) is 14.4 Å². The van der Waals surface area contributed by atoms with E-state index in [-0.39, 0.29) is 22.2 Å². The molecule has 0 fully saturated rings. The summed E-state index contributed by atoms with van der Waals surface area (Å²) in [6, 6.07) is 7.83. The molecular formula is C26H25Cl2FN6O4. The van der Waals surface area contributed by atoms with Crippen LogP contribution in [0.25, 0.3) is 11.3 Å². The Morgan fingerprint density at radius 3 is 2.54 bits per heavy atom. The van der Waals surface area contributed by atoms with E-state index >= 15 is 0 Å². The third kappa shape index (κ3) is 7.01. The second-order valence-electron chi connectivity index (χ2n) is 8.20. The number of aromatic nitrogens is 3. The van der Waals surface area contributed by atoms with Gasteiger partial charge in [0.25, 0.3) is 5.91 Å². The molecule has 3 aromatic rings. The third-order valence-electron chi connectivity index (χ3n) is 5.69. The van der Waals surface area contributed by atoms with Crippen molar-refractivity contribution in [2.75, 3.05) is 19.5 Å². The maximum atomic E-state index is 14.2. The highest BCUT2D eigenvalue weighted by Crippen LogP contribution is 2.32. The Labute approximate surface area is 233 Å². The first kappa shape index (κ1) is 29.3. The zero-order valence-electron chi connectivity index (χ0n) is 21.2. The number of aldehydes is 1. The van der Waals surface area contributed by atoms with Crippen LogP contribution in [0.4, 0.5) is 10.1 Å².